The molecule has 0 radical (unpaired) electrons. The van der Waals surface area contributed by atoms with Gasteiger partial charge in [-0.3, -0.25) is 24.6 Å². The summed E-state index contributed by atoms with van der Waals surface area (Å²) in [5, 5.41) is 13.0. The van der Waals surface area contributed by atoms with Gasteiger partial charge in [0.15, 0.2) is 0 Å². The number of aryl methyl sites for hydroxylation is 1. The third-order valence-electron chi connectivity index (χ3n) is 6.92. The van der Waals surface area contributed by atoms with E-state index in [4.69, 9.17) is 4.98 Å². The van der Waals surface area contributed by atoms with E-state index in [9.17, 15) is 9.59 Å². The lowest BCUT2D eigenvalue weighted by Crippen LogP contribution is -2.43. The zero-order valence-electron chi connectivity index (χ0n) is 22.0. The van der Waals surface area contributed by atoms with Crippen LogP contribution in [-0.2, 0) is 11.2 Å². The number of nitrogens with zero attached hydrogens (tertiary/aromatic N) is 4. The number of nitrogens with one attached hydrogen (secondary N) is 3. The van der Waals surface area contributed by atoms with Crippen LogP contribution in [0.5, 0.6) is 0 Å². The molecule has 0 spiro atoms. The van der Waals surface area contributed by atoms with Crippen LogP contribution in [0, 0.1) is 0 Å². The Morgan fingerprint density at radius 2 is 1.79 bits per heavy atom. The van der Waals surface area contributed by atoms with E-state index < -0.39 is 0 Å². The van der Waals surface area contributed by atoms with E-state index in [1.807, 2.05) is 59.3 Å². The number of benzene rings is 2. The van der Waals surface area contributed by atoms with Crippen LogP contribution in [0.1, 0.15) is 41.7 Å². The molecule has 0 unspecified atom stereocenters. The standard InChI is InChI=1S/C29H33N7O2.ClH/c1-35-16-14-22(15-17-35)32-27(37)13-7-8-23-20-36(24-9-3-2-4-10-24)29(33-23)34-28(38)26-12-6-5-11-25(26)21-18-30-31-19-21;/h2-6,9-12,18-20,22H,7-8,13-17H2,1H3,(H,30,31)(H,32,37)(H,33,34,38);1H. The second-order valence-corrected chi connectivity index (χ2v) is 9.75. The maximum atomic E-state index is 13.4. The molecule has 1 aliphatic rings. The molecule has 0 aliphatic carbocycles. The first-order valence-electron chi connectivity index (χ1n) is 13.1. The van der Waals surface area contributed by atoms with Gasteiger partial charge in [0.25, 0.3) is 5.91 Å². The molecule has 204 valence electrons. The van der Waals surface area contributed by atoms with Gasteiger partial charge in [0, 0.05) is 41.7 Å². The number of H-pyrrole nitrogens is 1. The van der Waals surface area contributed by atoms with Crippen molar-refractivity contribution in [1.82, 2.24) is 30.0 Å². The van der Waals surface area contributed by atoms with E-state index in [1.165, 1.54) is 0 Å². The number of carbonyl (C=O) groups excluding carboxylic acids is 2. The summed E-state index contributed by atoms with van der Waals surface area (Å²) in [6.07, 6.45) is 9.14. The van der Waals surface area contributed by atoms with E-state index >= 15 is 0 Å². The van der Waals surface area contributed by atoms with Crippen molar-refractivity contribution >= 4 is 30.2 Å². The van der Waals surface area contributed by atoms with Gasteiger partial charge in [0.05, 0.1) is 11.9 Å². The third-order valence-corrected chi connectivity index (χ3v) is 6.92. The zero-order valence-corrected chi connectivity index (χ0v) is 22.8. The summed E-state index contributed by atoms with van der Waals surface area (Å²) in [6.45, 7) is 2.03. The number of rotatable bonds is 9. The average molecular weight is 548 g/mol. The molecule has 3 N–H and O–H groups in total. The van der Waals surface area contributed by atoms with Gasteiger partial charge in [-0.15, -0.1) is 12.4 Å². The van der Waals surface area contributed by atoms with Gasteiger partial charge in [-0.25, -0.2) is 4.98 Å². The number of aromatic nitrogens is 4. The topological polar surface area (TPSA) is 108 Å². The molecule has 10 heteroatoms. The summed E-state index contributed by atoms with van der Waals surface area (Å²) in [5.41, 5.74) is 3.86. The van der Waals surface area contributed by atoms with Crippen LogP contribution in [0.4, 0.5) is 5.95 Å². The van der Waals surface area contributed by atoms with Crippen molar-refractivity contribution in [2.75, 3.05) is 25.5 Å². The van der Waals surface area contributed by atoms with Crippen LogP contribution in [0.3, 0.4) is 0 Å². The van der Waals surface area contributed by atoms with Gasteiger partial charge in [0.1, 0.15) is 0 Å². The van der Waals surface area contributed by atoms with Crippen LogP contribution in [0.2, 0.25) is 0 Å². The number of amides is 2. The fraction of sp³-hybridized carbons (Fsp3) is 0.310. The summed E-state index contributed by atoms with van der Waals surface area (Å²) >= 11 is 0. The number of piperidine rings is 1. The Balaban J connectivity index is 0.00000353. The number of halogens is 1. The van der Waals surface area contributed by atoms with Crippen molar-refractivity contribution in [1.29, 1.82) is 0 Å². The molecule has 1 aliphatic heterocycles. The van der Waals surface area contributed by atoms with E-state index in [1.54, 1.807) is 18.5 Å². The Labute approximate surface area is 234 Å². The summed E-state index contributed by atoms with van der Waals surface area (Å²) in [4.78, 5) is 32.9. The molecular formula is C29H34ClN7O2. The first-order chi connectivity index (χ1) is 18.6. The first kappa shape index (κ1) is 28.1. The SMILES string of the molecule is CN1CCC(NC(=O)CCCc2cn(-c3ccccc3)c(NC(=O)c3ccccc3-c3cn[nH]c3)n2)CC1.Cl. The lowest BCUT2D eigenvalue weighted by molar-refractivity contribution is -0.122. The van der Waals surface area contributed by atoms with Crippen LogP contribution >= 0.6 is 12.4 Å². The molecule has 39 heavy (non-hydrogen) atoms. The van der Waals surface area contributed by atoms with Crippen LogP contribution < -0.4 is 10.6 Å². The highest BCUT2D eigenvalue weighted by Gasteiger charge is 2.19. The monoisotopic (exact) mass is 547 g/mol. The minimum atomic E-state index is -0.256. The highest BCUT2D eigenvalue weighted by atomic mass is 35.5. The fourth-order valence-electron chi connectivity index (χ4n) is 4.81. The van der Waals surface area contributed by atoms with E-state index in [-0.39, 0.29) is 30.3 Å². The molecule has 2 aromatic carbocycles. The van der Waals surface area contributed by atoms with Crippen LogP contribution in [-0.4, -0.2) is 62.6 Å². The molecule has 9 nitrogen and oxygen atoms in total. The molecule has 0 atom stereocenters. The molecule has 3 heterocycles. The van der Waals surface area contributed by atoms with Crippen molar-refractivity contribution in [3.8, 4) is 16.8 Å². The van der Waals surface area contributed by atoms with Crippen molar-refractivity contribution in [2.45, 2.75) is 38.1 Å². The fourth-order valence-corrected chi connectivity index (χ4v) is 4.81. The number of hydrogen-bond acceptors (Lipinski definition) is 5. The number of aromatic amines is 1. The Morgan fingerprint density at radius 3 is 2.54 bits per heavy atom. The molecule has 1 fully saturated rings. The maximum Gasteiger partial charge on any atom is 0.258 e. The third kappa shape index (κ3) is 7.13. The largest absolute Gasteiger partial charge is 0.353 e. The van der Waals surface area contributed by atoms with Gasteiger partial charge in [-0.2, -0.15) is 5.10 Å². The van der Waals surface area contributed by atoms with Crippen molar-refractivity contribution < 1.29 is 9.59 Å². The summed E-state index contributed by atoms with van der Waals surface area (Å²) in [7, 11) is 2.11. The molecule has 0 saturated carbocycles. The number of imidazole rings is 1. The van der Waals surface area contributed by atoms with Crippen molar-refractivity contribution in [3.05, 3.63) is 84.4 Å². The number of anilines is 1. The first-order valence-corrected chi connectivity index (χ1v) is 13.1. The maximum absolute atomic E-state index is 13.4. The molecule has 0 bridgehead atoms. The van der Waals surface area contributed by atoms with Crippen molar-refractivity contribution in [2.24, 2.45) is 0 Å². The number of likely N-dealkylation sites (tertiary alicyclic amines) is 1. The highest BCUT2D eigenvalue weighted by molar-refractivity contribution is 6.08. The minimum absolute atomic E-state index is 0. The second-order valence-electron chi connectivity index (χ2n) is 9.75. The molecule has 2 aromatic heterocycles. The lowest BCUT2D eigenvalue weighted by atomic mass is 10.0. The Hall–Kier alpha value is -3.95. The number of para-hydroxylation sites is 1. The molecular weight excluding hydrogens is 514 g/mol. The van der Waals surface area contributed by atoms with Crippen molar-refractivity contribution in [3.63, 3.8) is 0 Å². The molecule has 1 saturated heterocycles. The predicted molar refractivity (Wildman–Crippen MR) is 154 cm³/mol. The quantitative estimate of drug-likeness (QED) is 0.286. The van der Waals surface area contributed by atoms with Crippen LogP contribution in [0.25, 0.3) is 16.8 Å². The number of carbonyl (C=O) groups is 2. The van der Waals surface area contributed by atoms with Gasteiger partial charge in [-0.1, -0.05) is 36.4 Å². The summed E-state index contributed by atoms with van der Waals surface area (Å²) in [6, 6.07) is 17.5. The van der Waals surface area contributed by atoms with E-state index in [0.717, 1.165) is 48.4 Å². The molecule has 2 amide bonds. The zero-order chi connectivity index (χ0) is 26.3. The minimum Gasteiger partial charge on any atom is -0.353 e. The molecule has 5 rings (SSSR count). The summed E-state index contributed by atoms with van der Waals surface area (Å²) < 4.78 is 1.88. The molecule has 4 aromatic rings. The number of hydrogen-bond donors (Lipinski definition) is 3. The summed E-state index contributed by atoms with van der Waals surface area (Å²) in [5.74, 6) is 0.272. The Kier molecular flexibility index (Phi) is 9.51. The Bertz CT molecular complexity index is 1360. The van der Waals surface area contributed by atoms with Crippen LogP contribution in [0.15, 0.2) is 73.2 Å². The van der Waals surface area contributed by atoms with E-state index in [0.29, 0.717) is 30.8 Å². The highest BCUT2D eigenvalue weighted by Crippen LogP contribution is 2.24. The van der Waals surface area contributed by atoms with E-state index in [2.05, 4.69) is 32.8 Å². The normalized spacial score (nSPS) is 14.0. The van der Waals surface area contributed by atoms with Gasteiger partial charge in [-0.05, 0) is 69.6 Å². The lowest BCUT2D eigenvalue weighted by Gasteiger charge is -2.29. The Morgan fingerprint density at radius 1 is 1.05 bits per heavy atom. The van der Waals surface area contributed by atoms with Gasteiger partial charge in [0.2, 0.25) is 11.9 Å². The predicted octanol–water partition coefficient (Wildman–Crippen LogP) is 4.47. The second kappa shape index (κ2) is 13.2. The van der Waals surface area contributed by atoms with Gasteiger partial charge >= 0.3 is 0 Å². The smallest absolute Gasteiger partial charge is 0.258 e. The van der Waals surface area contributed by atoms with Gasteiger partial charge < -0.3 is 10.2 Å². The average Bonchev–Trinajstić information content (AvgIpc) is 3.61.